The number of hydrogen-bond acceptors (Lipinski definition) is 4. The number of benzene rings is 13. The molecule has 0 radical (unpaired) electrons. The van der Waals surface area contributed by atoms with E-state index < -0.39 is 0 Å². The molecule has 0 spiro atoms. The van der Waals surface area contributed by atoms with Crippen molar-refractivity contribution in [1.29, 1.82) is 0 Å². The lowest BCUT2D eigenvalue weighted by atomic mass is 9.33. The predicted octanol–water partition coefficient (Wildman–Crippen LogP) is 26.5. The Labute approximate surface area is 625 Å². The minimum Gasteiger partial charge on any atom is -0.310 e. The summed E-state index contributed by atoms with van der Waals surface area (Å²) >= 11 is 3.80. The van der Waals surface area contributed by atoms with Gasteiger partial charge in [0.1, 0.15) is 0 Å². The number of aromatic nitrogens is 2. The lowest BCUT2D eigenvalue weighted by molar-refractivity contribution is 0.590. The summed E-state index contributed by atoms with van der Waals surface area (Å²) in [6.07, 6.45) is 0. The van der Waals surface area contributed by atoms with Crippen LogP contribution in [0.25, 0.3) is 118 Å². The Balaban J connectivity index is 0.987. The molecule has 514 valence electrons. The van der Waals surface area contributed by atoms with Gasteiger partial charge in [-0.1, -0.05) is 249 Å². The molecule has 0 unspecified atom stereocenters. The maximum Gasteiger partial charge on any atom is 0.252 e. The highest BCUT2D eigenvalue weighted by molar-refractivity contribution is 7.26. The first-order chi connectivity index (χ1) is 50.2. The number of thiophene rings is 2. The van der Waals surface area contributed by atoms with Crippen LogP contribution >= 0.6 is 22.7 Å². The zero-order chi connectivity index (χ0) is 72.3. The Morgan fingerprint density at radius 2 is 0.600 bits per heavy atom. The van der Waals surface area contributed by atoms with Crippen LogP contribution in [-0.4, -0.2) is 15.8 Å². The van der Waals surface area contributed by atoms with Gasteiger partial charge in [0.2, 0.25) is 0 Å². The Bertz CT molecular complexity index is 5970. The second-order valence-electron chi connectivity index (χ2n) is 35.0. The largest absolute Gasteiger partial charge is 0.310 e. The van der Waals surface area contributed by atoms with Gasteiger partial charge in [0.15, 0.2) is 0 Å². The molecule has 6 heterocycles. The molecule has 13 aromatic carbocycles. The number of nitrogens with zero attached hydrogens (tertiary/aromatic N) is 4. The fraction of sp³-hybridized carbons (Fsp3) is 0.204. The Kier molecular flexibility index (Phi) is 14.3. The summed E-state index contributed by atoms with van der Waals surface area (Å²) in [4.78, 5) is 5.53. The first-order valence-corrected chi connectivity index (χ1v) is 39.1. The van der Waals surface area contributed by atoms with Gasteiger partial charge in [-0.25, -0.2) is 0 Å². The van der Waals surface area contributed by atoms with Gasteiger partial charge in [-0.15, -0.1) is 22.7 Å². The van der Waals surface area contributed by atoms with Crippen molar-refractivity contribution in [2.75, 3.05) is 9.80 Å². The van der Waals surface area contributed by atoms with Crippen LogP contribution in [0, 0.1) is 0 Å². The van der Waals surface area contributed by atoms with E-state index >= 15 is 0 Å². The molecule has 2 aliphatic heterocycles. The van der Waals surface area contributed by atoms with Gasteiger partial charge >= 0.3 is 0 Å². The van der Waals surface area contributed by atoms with Gasteiger partial charge in [-0.3, -0.25) is 0 Å². The van der Waals surface area contributed by atoms with E-state index in [1.54, 1.807) is 0 Å². The monoisotopic (exact) mass is 1390 g/mol. The van der Waals surface area contributed by atoms with Crippen molar-refractivity contribution >= 4 is 164 Å². The molecular formula is C98H87BN4S2. The van der Waals surface area contributed by atoms with Gasteiger partial charge in [-0.05, 0) is 192 Å². The highest BCUT2D eigenvalue weighted by Gasteiger charge is 2.46. The summed E-state index contributed by atoms with van der Waals surface area (Å²) < 4.78 is 10.2. The third kappa shape index (κ3) is 10.2. The lowest BCUT2D eigenvalue weighted by Crippen LogP contribution is -2.61. The number of anilines is 6. The standard InChI is InChI=1S/C98H87BN4S2/c1-94(2,3)60-34-44-77-71(50-60)72-51-61(95(4,5)6)35-45-78(72)100(77)65-38-42-75-81(56-65)102(92-67(58-26-18-16-19-27-58)40-48-87-89(92)69-30-22-24-32-85(69)104-87)83-54-64(98(13,14)15)55-84-91(83)99(75)76-43-39-66(101-79-46-36-62(96(7,8)9)52-73(79)74-53-63(97(10,11)12)37-47-80(74)101)57-82(76)103(84)93-68(59-28-20-17-21-29-59)41-49-88-90(93)70-31-23-25-33-86(70)105-88/h16-57H,1-15H3. The summed E-state index contributed by atoms with van der Waals surface area (Å²) in [6, 6.07) is 99.7. The van der Waals surface area contributed by atoms with Crippen LogP contribution in [0.4, 0.5) is 34.1 Å². The molecule has 0 saturated carbocycles. The van der Waals surface area contributed by atoms with Crippen molar-refractivity contribution in [3.05, 3.63) is 283 Å². The van der Waals surface area contributed by atoms with E-state index in [0.29, 0.717) is 0 Å². The minimum absolute atomic E-state index is 0.0481. The van der Waals surface area contributed by atoms with Gasteiger partial charge in [0, 0.05) is 107 Å². The average Bonchev–Trinajstić information content (AvgIpc) is 1.51. The minimum atomic E-state index is -0.309. The zero-order valence-electron chi connectivity index (χ0n) is 62.9. The molecule has 0 N–H and O–H groups in total. The summed E-state index contributed by atoms with van der Waals surface area (Å²) in [6.45, 7) is 35.1. The molecule has 2 aliphatic rings. The number of fused-ring (bicyclic) bond motifs is 16. The molecule has 0 atom stereocenters. The van der Waals surface area contributed by atoms with Crippen LogP contribution in [0.5, 0.6) is 0 Å². The van der Waals surface area contributed by atoms with E-state index in [4.69, 9.17) is 0 Å². The lowest BCUT2D eigenvalue weighted by Gasteiger charge is -2.46. The van der Waals surface area contributed by atoms with Gasteiger partial charge in [0.05, 0.1) is 33.4 Å². The van der Waals surface area contributed by atoms with Crippen LogP contribution < -0.4 is 26.2 Å². The van der Waals surface area contributed by atoms with Crippen LogP contribution in [0.15, 0.2) is 255 Å². The summed E-state index contributed by atoms with van der Waals surface area (Å²) in [7, 11) is 0. The molecule has 7 heteroatoms. The Morgan fingerprint density at radius 3 is 0.943 bits per heavy atom. The summed E-state index contributed by atoms with van der Waals surface area (Å²) in [5, 5.41) is 10.1. The molecule has 19 rings (SSSR count). The van der Waals surface area contributed by atoms with Crippen LogP contribution in [0.3, 0.4) is 0 Å². The third-order valence-corrected chi connectivity index (χ3v) is 25.3. The first kappa shape index (κ1) is 65.3. The fourth-order valence-corrected chi connectivity index (χ4v) is 19.6. The summed E-state index contributed by atoms with van der Waals surface area (Å²) in [5.74, 6) is 0. The molecule has 4 nitrogen and oxygen atoms in total. The molecule has 4 aromatic heterocycles. The second-order valence-corrected chi connectivity index (χ2v) is 37.1. The Morgan fingerprint density at radius 1 is 0.267 bits per heavy atom. The topological polar surface area (TPSA) is 16.3 Å². The van der Waals surface area contributed by atoms with Crippen LogP contribution in [0.1, 0.15) is 132 Å². The first-order valence-electron chi connectivity index (χ1n) is 37.5. The van der Waals surface area contributed by atoms with Crippen LogP contribution in [-0.2, 0) is 27.1 Å². The van der Waals surface area contributed by atoms with Crippen molar-refractivity contribution in [3.63, 3.8) is 0 Å². The van der Waals surface area contributed by atoms with Crippen molar-refractivity contribution in [2.24, 2.45) is 0 Å². The maximum absolute atomic E-state index is 2.77. The van der Waals surface area contributed by atoms with E-state index in [1.807, 2.05) is 22.7 Å². The molecular weight excluding hydrogens is 1310 g/mol. The van der Waals surface area contributed by atoms with E-state index in [-0.39, 0.29) is 33.8 Å². The smallest absolute Gasteiger partial charge is 0.252 e. The highest BCUT2D eigenvalue weighted by atomic mass is 32.1. The van der Waals surface area contributed by atoms with E-state index in [0.717, 1.165) is 11.4 Å². The number of hydrogen-bond donors (Lipinski definition) is 0. The van der Waals surface area contributed by atoms with Crippen molar-refractivity contribution in [3.8, 4) is 33.6 Å². The maximum atomic E-state index is 2.77. The molecule has 0 bridgehead atoms. The number of rotatable bonds is 6. The molecule has 0 amide bonds. The Hall–Kier alpha value is -10.4. The van der Waals surface area contributed by atoms with E-state index in [2.05, 4.69) is 378 Å². The quantitative estimate of drug-likeness (QED) is 0.154. The van der Waals surface area contributed by atoms with E-state index in [9.17, 15) is 0 Å². The normalized spacial score (nSPS) is 13.6. The zero-order valence-corrected chi connectivity index (χ0v) is 64.6. The third-order valence-electron chi connectivity index (χ3n) is 23.1. The molecule has 105 heavy (non-hydrogen) atoms. The second kappa shape index (κ2) is 23.0. The summed E-state index contributed by atoms with van der Waals surface area (Å²) in [5.41, 5.74) is 28.7. The fourth-order valence-electron chi connectivity index (χ4n) is 17.4. The highest BCUT2D eigenvalue weighted by Crippen LogP contribution is 2.57. The molecule has 0 fully saturated rings. The molecule has 17 aromatic rings. The molecule has 0 saturated heterocycles. The van der Waals surface area contributed by atoms with Crippen molar-refractivity contribution in [2.45, 2.75) is 131 Å². The molecule has 0 aliphatic carbocycles. The average molecular weight is 1400 g/mol. The SMILES string of the molecule is CC(C)(C)c1cc2c3c(c1)N(c1c(-c4ccccc4)ccc4sc5ccccc5c14)c1cc(-n4c5ccc(C(C)(C)C)cc5c5cc(C(C)(C)C)ccc54)ccc1B3c1ccc(-n3c4ccc(C(C)(C)C)cc4c4cc(C(C)(C)C)ccc43)cc1N2c1c(-c2ccccc2)ccc2sc3ccccc3c12. The van der Waals surface area contributed by atoms with Crippen molar-refractivity contribution in [1.82, 2.24) is 9.13 Å². The van der Waals surface area contributed by atoms with Crippen LogP contribution in [0.2, 0.25) is 0 Å². The van der Waals surface area contributed by atoms with Gasteiger partial charge in [-0.2, -0.15) is 0 Å². The van der Waals surface area contributed by atoms with Gasteiger partial charge in [0.25, 0.3) is 6.71 Å². The van der Waals surface area contributed by atoms with Gasteiger partial charge < -0.3 is 18.9 Å². The van der Waals surface area contributed by atoms with Crippen molar-refractivity contribution < 1.29 is 0 Å². The van der Waals surface area contributed by atoms with E-state index in [1.165, 1.54) is 185 Å². The predicted molar refractivity (Wildman–Crippen MR) is 459 cm³/mol.